The van der Waals surface area contributed by atoms with E-state index in [1.807, 2.05) is 6.07 Å². The van der Waals surface area contributed by atoms with Gasteiger partial charge in [-0.1, -0.05) is 6.42 Å². The molecule has 0 radical (unpaired) electrons. The van der Waals surface area contributed by atoms with Crippen LogP contribution in [0.3, 0.4) is 0 Å². The molecule has 0 atom stereocenters. The van der Waals surface area contributed by atoms with Crippen LogP contribution in [-0.4, -0.2) is 75.8 Å². The molecule has 4 rings (SSSR count). The van der Waals surface area contributed by atoms with Gasteiger partial charge >= 0.3 is 21.7 Å². The summed E-state index contributed by atoms with van der Waals surface area (Å²) in [4.78, 5) is 55.4. The summed E-state index contributed by atoms with van der Waals surface area (Å²) in [6.45, 7) is 2.46. The van der Waals surface area contributed by atoms with Crippen LogP contribution in [0.4, 0.5) is 5.69 Å². The summed E-state index contributed by atoms with van der Waals surface area (Å²) in [6.07, 6.45) is 2.05. The van der Waals surface area contributed by atoms with Gasteiger partial charge in [-0.25, -0.2) is 9.59 Å². The maximum absolute atomic E-state index is 12.8. The number of benzene rings is 1. The van der Waals surface area contributed by atoms with Crippen molar-refractivity contribution in [1.29, 1.82) is 0 Å². The molecule has 1 aliphatic rings. The van der Waals surface area contributed by atoms with Gasteiger partial charge in [-0.15, -0.1) is 16.4 Å². The molecule has 1 saturated heterocycles. The molecule has 2 amide bonds. The van der Waals surface area contributed by atoms with Crippen LogP contribution < -0.4 is 10.5 Å². The van der Waals surface area contributed by atoms with E-state index in [-0.39, 0.29) is 29.0 Å². The zero-order chi connectivity index (χ0) is 31.0. The predicted octanol–water partition coefficient (Wildman–Crippen LogP) is 3.41. The molecule has 2 aromatic heterocycles. The first kappa shape index (κ1) is 32.3. The Kier molecular flexibility index (Phi) is 11.0. The molecule has 1 fully saturated rings. The Hall–Kier alpha value is -3.63. The molecule has 13 nitrogen and oxygen atoms in total. The van der Waals surface area contributed by atoms with Crippen molar-refractivity contribution in [3.63, 3.8) is 0 Å². The van der Waals surface area contributed by atoms with Crippen molar-refractivity contribution < 1.29 is 46.1 Å². The molecule has 15 heteroatoms. The molecule has 1 aromatic carbocycles. The number of amides is 2. The molecule has 0 saturated carbocycles. The molecule has 3 heterocycles. The van der Waals surface area contributed by atoms with E-state index in [1.165, 1.54) is 12.1 Å². The number of carbonyl (C=O) groups is 3. The Morgan fingerprint density at radius 2 is 1.77 bits per heavy atom. The molecule has 1 N–H and O–H groups in total. The molecular formula is C28H32N2O11S2. The summed E-state index contributed by atoms with van der Waals surface area (Å²) in [6, 6.07) is 9.70. The fraction of sp³-hybridized carbons (Fsp3) is 0.429. The first-order valence-electron chi connectivity index (χ1n) is 13.6. The third kappa shape index (κ3) is 8.70. The lowest BCUT2D eigenvalue weighted by molar-refractivity contribution is -0.197. The van der Waals surface area contributed by atoms with Crippen molar-refractivity contribution in [3.05, 3.63) is 46.8 Å². The SMILES string of the molecule is COCCOCCN(CCCCCC(=O)ON1C(=O)CCC1=O)c1ccc2cc(-c3ccc(S(=O)(=O)O)s3)c(=O)oc2c1. The van der Waals surface area contributed by atoms with Gasteiger partial charge < -0.3 is 23.6 Å². The Morgan fingerprint density at radius 3 is 2.47 bits per heavy atom. The van der Waals surface area contributed by atoms with E-state index in [0.717, 1.165) is 17.0 Å². The highest BCUT2D eigenvalue weighted by Gasteiger charge is 2.32. The number of nitrogens with zero attached hydrogens (tertiary/aromatic N) is 2. The van der Waals surface area contributed by atoms with Crippen LogP contribution in [0.25, 0.3) is 21.4 Å². The number of methoxy groups -OCH3 is 1. The largest absolute Gasteiger partial charge is 0.422 e. The highest BCUT2D eigenvalue weighted by atomic mass is 32.3. The van der Waals surface area contributed by atoms with Gasteiger partial charge in [0.05, 0.1) is 25.4 Å². The van der Waals surface area contributed by atoms with E-state index < -0.39 is 33.5 Å². The van der Waals surface area contributed by atoms with Crippen molar-refractivity contribution in [2.45, 2.75) is 42.7 Å². The number of hydrogen-bond acceptors (Lipinski definition) is 12. The first-order valence-corrected chi connectivity index (χ1v) is 15.9. The molecule has 0 spiro atoms. The number of hydrogen-bond donors (Lipinski definition) is 1. The Labute approximate surface area is 251 Å². The maximum atomic E-state index is 12.8. The minimum Gasteiger partial charge on any atom is -0.422 e. The molecule has 3 aromatic rings. The molecular weight excluding hydrogens is 604 g/mol. The van der Waals surface area contributed by atoms with Crippen LogP contribution >= 0.6 is 11.3 Å². The Morgan fingerprint density at radius 1 is 1.00 bits per heavy atom. The van der Waals surface area contributed by atoms with E-state index >= 15 is 0 Å². The van der Waals surface area contributed by atoms with E-state index in [9.17, 15) is 32.1 Å². The van der Waals surface area contributed by atoms with E-state index in [1.54, 1.807) is 25.3 Å². The average Bonchev–Trinajstić information content (AvgIpc) is 3.58. The standard InChI is InChI=1S/C28H32N2O11S2/c1-38-15-16-39-14-13-29(12-4-2-3-5-26(33)41-30-24(31)9-10-25(30)32)20-7-6-19-17-21(28(34)40-22(19)18-20)23-8-11-27(42-23)43(35,36)37/h6-8,11,17-18H,2-5,9-10,12-16H2,1H3,(H,35,36,37). The monoisotopic (exact) mass is 636 g/mol. The van der Waals surface area contributed by atoms with Crippen molar-refractivity contribution in [1.82, 2.24) is 5.06 Å². The second-order valence-electron chi connectivity index (χ2n) is 9.71. The smallest absolute Gasteiger partial charge is 0.345 e. The van der Waals surface area contributed by atoms with Gasteiger partial charge in [0.15, 0.2) is 0 Å². The summed E-state index contributed by atoms with van der Waals surface area (Å²) in [5.41, 5.74) is 0.665. The van der Waals surface area contributed by atoms with Crippen LogP contribution in [-0.2, 0) is 38.8 Å². The van der Waals surface area contributed by atoms with E-state index in [2.05, 4.69) is 4.90 Å². The third-order valence-corrected chi connectivity index (χ3v) is 9.07. The summed E-state index contributed by atoms with van der Waals surface area (Å²) in [5, 5.41) is 1.18. The Balaban J connectivity index is 1.40. The Bertz CT molecular complexity index is 1610. The fourth-order valence-corrected chi connectivity index (χ4v) is 6.09. The lowest BCUT2D eigenvalue weighted by atomic mass is 10.1. The van der Waals surface area contributed by atoms with E-state index in [4.69, 9.17) is 18.7 Å². The first-order chi connectivity index (χ1) is 20.6. The van der Waals surface area contributed by atoms with Crippen LogP contribution in [0, 0.1) is 0 Å². The highest BCUT2D eigenvalue weighted by molar-refractivity contribution is 7.88. The number of fused-ring (bicyclic) bond motifs is 1. The summed E-state index contributed by atoms with van der Waals surface area (Å²) in [5.74, 6) is -1.66. The minimum atomic E-state index is -4.38. The summed E-state index contributed by atoms with van der Waals surface area (Å²) < 4.78 is 48.1. The molecule has 0 aliphatic carbocycles. The number of unbranched alkanes of at least 4 members (excludes halogenated alkanes) is 2. The minimum absolute atomic E-state index is 0.0446. The van der Waals surface area contributed by atoms with Gasteiger partial charge in [-0.05, 0) is 43.2 Å². The van der Waals surface area contributed by atoms with Crippen molar-refractivity contribution in [2.24, 2.45) is 0 Å². The van der Waals surface area contributed by atoms with Crippen LogP contribution in [0.1, 0.15) is 38.5 Å². The predicted molar refractivity (Wildman–Crippen MR) is 156 cm³/mol. The number of hydroxylamine groups is 2. The lowest BCUT2D eigenvalue weighted by Crippen LogP contribution is -2.32. The van der Waals surface area contributed by atoms with Crippen molar-refractivity contribution in [3.8, 4) is 10.4 Å². The quantitative estimate of drug-likeness (QED) is 0.105. The third-order valence-electron chi connectivity index (χ3n) is 6.63. The normalized spacial score (nSPS) is 13.7. The number of ether oxygens (including phenoxy) is 2. The van der Waals surface area contributed by atoms with Crippen LogP contribution in [0.15, 0.2) is 49.8 Å². The topological polar surface area (TPSA) is 170 Å². The van der Waals surface area contributed by atoms with Crippen molar-refractivity contribution in [2.75, 3.05) is 44.9 Å². The van der Waals surface area contributed by atoms with Gasteiger partial charge in [0.25, 0.3) is 11.8 Å². The fourth-order valence-electron chi connectivity index (χ4n) is 4.42. The zero-order valence-electron chi connectivity index (χ0n) is 23.5. The van der Waals surface area contributed by atoms with Gasteiger partial charge in [0.2, 0.25) is 0 Å². The van der Waals surface area contributed by atoms with Crippen molar-refractivity contribution >= 4 is 55.9 Å². The number of anilines is 1. The molecule has 232 valence electrons. The number of carbonyl (C=O) groups excluding carboxylic acids is 3. The number of rotatable bonds is 16. The van der Waals surface area contributed by atoms with E-state index in [0.29, 0.717) is 73.1 Å². The molecule has 0 bridgehead atoms. The van der Waals surface area contributed by atoms with Crippen LogP contribution in [0.2, 0.25) is 0 Å². The molecule has 0 unspecified atom stereocenters. The molecule has 43 heavy (non-hydrogen) atoms. The number of imide groups is 1. The van der Waals surface area contributed by atoms with Gasteiger partial charge in [-0.2, -0.15) is 8.42 Å². The summed E-state index contributed by atoms with van der Waals surface area (Å²) >= 11 is 0.771. The zero-order valence-corrected chi connectivity index (χ0v) is 25.1. The van der Waals surface area contributed by atoms with Crippen LogP contribution in [0.5, 0.6) is 0 Å². The highest BCUT2D eigenvalue weighted by Crippen LogP contribution is 2.31. The second-order valence-corrected chi connectivity index (χ2v) is 12.4. The van der Waals surface area contributed by atoms with Gasteiger partial charge in [-0.3, -0.25) is 14.1 Å². The second kappa shape index (κ2) is 14.7. The summed E-state index contributed by atoms with van der Waals surface area (Å²) in [7, 11) is -2.79. The molecule has 1 aliphatic heterocycles. The number of thiophene rings is 1. The average molecular weight is 637 g/mol. The van der Waals surface area contributed by atoms with Gasteiger partial charge in [0.1, 0.15) is 9.79 Å². The lowest BCUT2D eigenvalue weighted by Gasteiger charge is -2.25. The maximum Gasteiger partial charge on any atom is 0.345 e. The van der Waals surface area contributed by atoms with Gasteiger partial charge in [0, 0.05) is 61.5 Å².